The van der Waals surface area contributed by atoms with Crippen molar-refractivity contribution in [1.29, 1.82) is 0 Å². The predicted molar refractivity (Wildman–Crippen MR) is 77.0 cm³/mol. The maximum Gasteiger partial charge on any atom is 0.331 e. The molecule has 0 aliphatic carbocycles. The normalized spacial score (nSPS) is 17.6. The summed E-state index contributed by atoms with van der Waals surface area (Å²) >= 11 is 1.55. The first-order chi connectivity index (χ1) is 9.65. The first kappa shape index (κ1) is 14.8. The van der Waals surface area contributed by atoms with Crippen LogP contribution in [0.3, 0.4) is 0 Å². The van der Waals surface area contributed by atoms with Crippen LogP contribution in [0.1, 0.15) is 22.9 Å². The zero-order chi connectivity index (χ0) is 14.5. The Hall–Kier alpha value is -1.60. The van der Waals surface area contributed by atoms with Crippen LogP contribution in [0.4, 0.5) is 4.79 Å². The Labute approximate surface area is 121 Å². The average molecular weight is 297 g/mol. The van der Waals surface area contributed by atoms with E-state index in [0.717, 1.165) is 29.8 Å². The number of nitrogens with zero attached hydrogens (tertiary/aromatic N) is 1. The lowest BCUT2D eigenvalue weighted by Crippen LogP contribution is -2.48. The van der Waals surface area contributed by atoms with Gasteiger partial charge in [0.1, 0.15) is 0 Å². The SMILES string of the molecule is CNCCCNC(=O)N1CCc2sccc2C1C(=O)O. The topological polar surface area (TPSA) is 81.7 Å². The largest absolute Gasteiger partial charge is 0.479 e. The first-order valence-electron chi connectivity index (χ1n) is 6.63. The number of amides is 2. The van der Waals surface area contributed by atoms with E-state index in [1.54, 1.807) is 17.4 Å². The van der Waals surface area contributed by atoms with Crippen molar-refractivity contribution in [2.75, 3.05) is 26.7 Å². The molecule has 0 saturated carbocycles. The number of urea groups is 1. The molecule has 0 radical (unpaired) electrons. The van der Waals surface area contributed by atoms with Crippen molar-refractivity contribution in [3.05, 3.63) is 21.9 Å². The minimum absolute atomic E-state index is 0.301. The Morgan fingerprint density at radius 2 is 2.30 bits per heavy atom. The molecular weight excluding hydrogens is 278 g/mol. The van der Waals surface area contributed by atoms with Gasteiger partial charge in [0.2, 0.25) is 0 Å². The summed E-state index contributed by atoms with van der Waals surface area (Å²) in [6.45, 7) is 1.80. The molecule has 1 aromatic heterocycles. The summed E-state index contributed by atoms with van der Waals surface area (Å²) in [4.78, 5) is 26.1. The Balaban J connectivity index is 2.04. The van der Waals surface area contributed by atoms with E-state index in [9.17, 15) is 14.7 Å². The number of thiophene rings is 1. The van der Waals surface area contributed by atoms with E-state index in [2.05, 4.69) is 10.6 Å². The molecule has 0 fully saturated rings. The molecule has 110 valence electrons. The number of carboxylic acids is 1. The van der Waals surface area contributed by atoms with E-state index in [1.807, 2.05) is 12.4 Å². The van der Waals surface area contributed by atoms with E-state index in [4.69, 9.17) is 0 Å². The van der Waals surface area contributed by atoms with E-state index < -0.39 is 12.0 Å². The third-order valence-electron chi connectivity index (χ3n) is 3.34. The highest BCUT2D eigenvalue weighted by Crippen LogP contribution is 2.33. The Kier molecular flexibility index (Phi) is 4.97. The standard InChI is InChI=1S/C13H19N3O3S/c1-14-5-2-6-15-13(19)16-7-3-10-9(4-8-20-10)11(16)12(17)18/h4,8,11,14H,2-3,5-7H2,1H3,(H,15,19)(H,17,18). The third kappa shape index (κ3) is 3.10. The minimum atomic E-state index is -0.977. The van der Waals surface area contributed by atoms with E-state index >= 15 is 0 Å². The van der Waals surface area contributed by atoms with Crippen molar-refractivity contribution < 1.29 is 14.7 Å². The monoisotopic (exact) mass is 297 g/mol. The predicted octanol–water partition coefficient (Wildman–Crippen LogP) is 1.05. The van der Waals surface area contributed by atoms with Crippen molar-refractivity contribution >= 4 is 23.3 Å². The Morgan fingerprint density at radius 3 is 3.00 bits per heavy atom. The van der Waals surface area contributed by atoms with Crippen LogP contribution in [0.15, 0.2) is 11.4 Å². The van der Waals surface area contributed by atoms with Crippen LogP contribution >= 0.6 is 11.3 Å². The van der Waals surface area contributed by atoms with Gasteiger partial charge in [0, 0.05) is 18.0 Å². The van der Waals surface area contributed by atoms with Gasteiger partial charge in [0.25, 0.3) is 0 Å². The average Bonchev–Trinajstić information content (AvgIpc) is 2.90. The van der Waals surface area contributed by atoms with Gasteiger partial charge in [0.05, 0.1) is 0 Å². The van der Waals surface area contributed by atoms with Crippen LogP contribution in [-0.2, 0) is 11.2 Å². The van der Waals surface area contributed by atoms with Crippen LogP contribution in [0.2, 0.25) is 0 Å². The second kappa shape index (κ2) is 6.71. The number of nitrogens with one attached hydrogen (secondary N) is 2. The van der Waals surface area contributed by atoms with Crippen LogP contribution < -0.4 is 10.6 Å². The fourth-order valence-electron chi connectivity index (χ4n) is 2.36. The second-order valence-electron chi connectivity index (χ2n) is 4.67. The van der Waals surface area contributed by atoms with Crippen molar-refractivity contribution in [1.82, 2.24) is 15.5 Å². The molecule has 1 aliphatic rings. The van der Waals surface area contributed by atoms with Gasteiger partial charge < -0.3 is 20.6 Å². The van der Waals surface area contributed by atoms with E-state index in [1.165, 1.54) is 4.90 Å². The van der Waals surface area contributed by atoms with Gasteiger partial charge >= 0.3 is 12.0 Å². The van der Waals surface area contributed by atoms with Crippen LogP contribution in [-0.4, -0.2) is 48.7 Å². The fraction of sp³-hybridized carbons (Fsp3) is 0.538. The highest BCUT2D eigenvalue weighted by Gasteiger charge is 2.36. The number of carbonyl (C=O) groups is 2. The molecule has 6 nitrogen and oxygen atoms in total. The highest BCUT2D eigenvalue weighted by molar-refractivity contribution is 7.10. The van der Waals surface area contributed by atoms with Gasteiger partial charge in [-0.3, -0.25) is 0 Å². The molecule has 1 unspecified atom stereocenters. The number of rotatable bonds is 5. The summed E-state index contributed by atoms with van der Waals surface area (Å²) in [5, 5.41) is 17.1. The summed E-state index contributed by atoms with van der Waals surface area (Å²) < 4.78 is 0. The molecule has 0 spiro atoms. The van der Waals surface area contributed by atoms with Gasteiger partial charge in [-0.2, -0.15) is 0 Å². The molecule has 2 heterocycles. The maximum absolute atomic E-state index is 12.1. The fourth-order valence-corrected chi connectivity index (χ4v) is 3.27. The molecule has 2 amide bonds. The van der Waals surface area contributed by atoms with Crippen molar-refractivity contribution in [2.45, 2.75) is 18.9 Å². The number of fused-ring (bicyclic) bond motifs is 1. The first-order valence-corrected chi connectivity index (χ1v) is 7.51. The molecule has 1 aliphatic heterocycles. The smallest absolute Gasteiger partial charge is 0.331 e. The molecule has 0 aromatic carbocycles. The maximum atomic E-state index is 12.1. The molecule has 3 N–H and O–H groups in total. The Morgan fingerprint density at radius 1 is 1.50 bits per heavy atom. The number of aliphatic carboxylic acids is 1. The minimum Gasteiger partial charge on any atom is -0.479 e. The van der Waals surface area contributed by atoms with Gasteiger partial charge in [-0.15, -0.1) is 11.3 Å². The highest BCUT2D eigenvalue weighted by atomic mass is 32.1. The summed E-state index contributed by atoms with van der Waals surface area (Å²) in [6.07, 6.45) is 1.54. The third-order valence-corrected chi connectivity index (χ3v) is 4.34. The molecule has 1 atom stereocenters. The lowest BCUT2D eigenvalue weighted by Gasteiger charge is -2.33. The number of hydrogen-bond acceptors (Lipinski definition) is 4. The molecule has 20 heavy (non-hydrogen) atoms. The quantitative estimate of drug-likeness (QED) is 0.710. The van der Waals surface area contributed by atoms with Gasteiger partial charge in [-0.25, -0.2) is 9.59 Å². The van der Waals surface area contributed by atoms with Crippen LogP contribution in [0.25, 0.3) is 0 Å². The molecule has 0 saturated heterocycles. The van der Waals surface area contributed by atoms with Gasteiger partial charge in [-0.1, -0.05) is 0 Å². The summed E-state index contributed by atoms with van der Waals surface area (Å²) in [5.74, 6) is -0.977. The molecule has 0 bridgehead atoms. The van der Waals surface area contributed by atoms with Gasteiger partial charge in [0.15, 0.2) is 6.04 Å². The van der Waals surface area contributed by atoms with E-state index in [0.29, 0.717) is 13.1 Å². The van der Waals surface area contributed by atoms with Crippen LogP contribution in [0.5, 0.6) is 0 Å². The zero-order valence-corrected chi connectivity index (χ0v) is 12.2. The molecule has 2 rings (SSSR count). The summed E-state index contributed by atoms with van der Waals surface area (Å²) in [5.41, 5.74) is 0.749. The zero-order valence-electron chi connectivity index (χ0n) is 11.4. The number of hydrogen-bond donors (Lipinski definition) is 3. The Bertz CT molecular complexity index is 489. The molecule has 1 aromatic rings. The lowest BCUT2D eigenvalue weighted by molar-refractivity contribution is -0.142. The second-order valence-corrected chi connectivity index (χ2v) is 5.67. The molecule has 7 heteroatoms. The van der Waals surface area contributed by atoms with Crippen LogP contribution in [0, 0.1) is 0 Å². The van der Waals surface area contributed by atoms with Crippen molar-refractivity contribution in [3.8, 4) is 0 Å². The van der Waals surface area contributed by atoms with Crippen molar-refractivity contribution in [2.24, 2.45) is 0 Å². The number of carboxylic acid groups (broad SMARTS) is 1. The lowest BCUT2D eigenvalue weighted by atomic mass is 10.0. The summed E-state index contributed by atoms with van der Waals surface area (Å²) in [7, 11) is 1.85. The van der Waals surface area contributed by atoms with Crippen molar-refractivity contribution in [3.63, 3.8) is 0 Å². The van der Waals surface area contributed by atoms with E-state index in [-0.39, 0.29) is 6.03 Å². The number of carbonyl (C=O) groups excluding carboxylic acids is 1. The molecular formula is C13H19N3O3S. The summed E-state index contributed by atoms with van der Waals surface area (Å²) in [6, 6.07) is 0.638. The van der Waals surface area contributed by atoms with Gasteiger partial charge in [-0.05, 0) is 43.4 Å².